The van der Waals surface area contributed by atoms with Crippen molar-refractivity contribution in [2.45, 2.75) is 58.0 Å². The summed E-state index contributed by atoms with van der Waals surface area (Å²) in [5, 5.41) is 16.2. The average Bonchev–Trinajstić information content (AvgIpc) is 2.94. The molecule has 18 heavy (non-hydrogen) atoms. The van der Waals surface area contributed by atoms with Gasteiger partial charge in [0.1, 0.15) is 5.01 Å². The Kier molecular flexibility index (Phi) is 4.41. The number of hydrogen-bond acceptors (Lipinski definition) is 4. The third-order valence-corrected chi connectivity index (χ3v) is 4.58. The van der Waals surface area contributed by atoms with E-state index in [-0.39, 0.29) is 5.41 Å². The molecule has 0 amide bonds. The molecule has 0 aromatic carbocycles. The summed E-state index contributed by atoms with van der Waals surface area (Å²) in [7, 11) is 0. The standard InChI is InChI=1S/C14H24N2OS/c1-14(2,3)12-9-18-13(16-12)7-15-11-6-4-5-10(11)8-17/h9-11,15,17H,4-8H2,1-3H3. The molecule has 2 N–H and O–H groups in total. The number of hydrogen-bond donors (Lipinski definition) is 2. The molecule has 2 atom stereocenters. The van der Waals surface area contributed by atoms with Crippen LogP contribution in [0.1, 0.15) is 50.7 Å². The molecule has 0 spiro atoms. The molecule has 1 saturated carbocycles. The van der Waals surface area contributed by atoms with Crippen molar-refractivity contribution in [1.82, 2.24) is 10.3 Å². The van der Waals surface area contributed by atoms with Crippen LogP contribution < -0.4 is 5.32 Å². The summed E-state index contributed by atoms with van der Waals surface area (Å²) in [5.41, 5.74) is 1.31. The number of aromatic nitrogens is 1. The van der Waals surface area contributed by atoms with Crippen LogP contribution in [0.4, 0.5) is 0 Å². The quantitative estimate of drug-likeness (QED) is 0.882. The minimum absolute atomic E-state index is 0.135. The molecule has 2 rings (SSSR count). The van der Waals surface area contributed by atoms with E-state index in [1.165, 1.54) is 18.5 Å². The van der Waals surface area contributed by atoms with Gasteiger partial charge in [-0.05, 0) is 18.8 Å². The van der Waals surface area contributed by atoms with Crippen molar-refractivity contribution in [3.63, 3.8) is 0 Å². The van der Waals surface area contributed by atoms with Crippen molar-refractivity contribution in [2.75, 3.05) is 6.61 Å². The molecule has 1 aromatic rings. The van der Waals surface area contributed by atoms with Crippen LogP contribution in [-0.4, -0.2) is 22.7 Å². The number of nitrogens with zero attached hydrogens (tertiary/aromatic N) is 1. The molecule has 0 saturated heterocycles. The van der Waals surface area contributed by atoms with Gasteiger partial charge in [-0.25, -0.2) is 4.98 Å². The molecule has 0 aliphatic heterocycles. The maximum absolute atomic E-state index is 9.29. The normalized spacial score (nSPS) is 24.7. The average molecular weight is 268 g/mol. The predicted octanol–water partition coefficient (Wildman–Crippen LogP) is 2.69. The van der Waals surface area contributed by atoms with Gasteiger partial charge < -0.3 is 10.4 Å². The molecule has 0 bridgehead atoms. The molecule has 1 aromatic heterocycles. The summed E-state index contributed by atoms with van der Waals surface area (Å²) in [6, 6.07) is 0.469. The van der Waals surface area contributed by atoms with Crippen LogP contribution in [0.15, 0.2) is 5.38 Å². The van der Waals surface area contributed by atoms with Gasteiger partial charge in [-0.2, -0.15) is 0 Å². The molecule has 102 valence electrons. The van der Waals surface area contributed by atoms with Gasteiger partial charge in [0.15, 0.2) is 0 Å². The SMILES string of the molecule is CC(C)(C)c1csc(CNC2CCCC2CO)n1. The van der Waals surface area contributed by atoms with Gasteiger partial charge in [0.25, 0.3) is 0 Å². The van der Waals surface area contributed by atoms with Crippen molar-refractivity contribution >= 4 is 11.3 Å². The van der Waals surface area contributed by atoms with E-state index in [9.17, 15) is 5.11 Å². The van der Waals surface area contributed by atoms with Crippen molar-refractivity contribution in [1.29, 1.82) is 0 Å². The van der Waals surface area contributed by atoms with Crippen LogP contribution in [0.2, 0.25) is 0 Å². The smallest absolute Gasteiger partial charge is 0.107 e. The molecule has 1 fully saturated rings. The molecule has 1 heterocycles. The highest BCUT2D eigenvalue weighted by Gasteiger charge is 2.26. The third-order valence-electron chi connectivity index (χ3n) is 3.73. The summed E-state index contributed by atoms with van der Waals surface area (Å²) < 4.78 is 0. The summed E-state index contributed by atoms with van der Waals surface area (Å²) in [6.45, 7) is 7.72. The molecule has 3 nitrogen and oxygen atoms in total. The topological polar surface area (TPSA) is 45.1 Å². The van der Waals surface area contributed by atoms with Crippen molar-refractivity contribution in [3.8, 4) is 0 Å². The monoisotopic (exact) mass is 268 g/mol. The number of aliphatic hydroxyl groups excluding tert-OH is 1. The fraction of sp³-hybridized carbons (Fsp3) is 0.786. The molecular formula is C14H24N2OS. The van der Waals surface area contributed by atoms with Gasteiger partial charge >= 0.3 is 0 Å². The van der Waals surface area contributed by atoms with Crippen LogP contribution in [-0.2, 0) is 12.0 Å². The van der Waals surface area contributed by atoms with Gasteiger partial charge in [0.2, 0.25) is 0 Å². The van der Waals surface area contributed by atoms with Gasteiger partial charge in [-0.15, -0.1) is 11.3 Å². The Morgan fingerprint density at radius 1 is 1.44 bits per heavy atom. The first-order valence-corrected chi connectivity index (χ1v) is 7.68. The lowest BCUT2D eigenvalue weighted by Crippen LogP contribution is -2.33. The van der Waals surface area contributed by atoms with E-state index in [0.717, 1.165) is 18.0 Å². The highest BCUT2D eigenvalue weighted by molar-refractivity contribution is 7.09. The van der Waals surface area contributed by atoms with E-state index >= 15 is 0 Å². The summed E-state index contributed by atoms with van der Waals surface area (Å²) in [6.07, 6.45) is 3.57. The van der Waals surface area contributed by atoms with Crippen LogP contribution in [0, 0.1) is 5.92 Å². The van der Waals surface area contributed by atoms with Crippen LogP contribution in [0.5, 0.6) is 0 Å². The Morgan fingerprint density at radius 2 is 2.22 bits per heavy atom. The Labute approximate surface area is 114 Å². The number of thiazole rings is 1. The molecule has 0 radical (unpaired) electrons. The fourth-order valence-electron chi connectivity index (χ4n) is 2.48. The zero-order valence-electron chi connectivity index (χ0n) is 11.6. The number of nitrogens with one attached hydrogen (secondary N) is 1. The van der Waals surface area contributed by atoms with E-state index in [0.29, 0.717) is 18.6 Å². The summed E-state index contributed by atoms with van der Waals surface area (Å²) in [4.78, 5) is 4.69. The van der Waals surface area contributed by atoms with Gasteiger partial charge in [-0.1, -0.05) is 27.2 Å². The maximum Gasteiger partial charge on any atom is 0.107 e. The minimum atomic E-state index is 0.135. The van der Waals surface area contributed by atoms with Gasteiger partial charge in [0, 0.05) is 30.0 Å². The Bertz CT molecular complexity index is 383. The summed E-state index contributed by atoms with van der Waals surface area (Å²) >= 11 is 1.73. The third kappa shape index (κ3) is 3.31. The van der Waals surface area contributed by atoms with E-state index in [4.69, 9.17) is 0 Å². The van der Waals surface area contributed by atoms with Gasteiger partial charge in [-0.3, -0.25) is 0 Å². The predicted molar refractivity (Wildman–Crippen MR) is 75.9 cm³/mol. The van der Waals surface area contributed by atoms with E-state index in [1.807, 2.05) is 0 Å². The van der Waals surface area contributed by atoms with Crippen LogP contribution in [0.3, 0.4) is 0 Å². The maximum atomic E-state index is 9.29. The highest BCUT2D eigenvalue weighted by Crippen LogP contribution is 2.27. The molecular weight excluding hydrogens is 244 g/mol. The molecule has 1 aliphatic carbocycles. The van der Waals surface area contributed by atoms with Crippen LogP contribution in [0.25, 0.3) is 0 Å². The number of rotatable bonds is 4. The molecule has 4 heteroatoms. The van der Waals surface area contributed by atoms with E-state index < -0.39 is 0 Å². The second-order valence-corrected chi connectivity index (χ2v) is 7.18. The van der Waals surface area contributed by atoms with Crippen molar-refractivity contribution in [3.05, 3.63) is 16.1 Å². The second-order valence-electron chi connectivity index (χ2n) is 6.24. The molecule has 1 aliphatic rings. The summed E-state index contributed by atoms with van der Waals surface area (Å²) in [5.74, 6) is 0.437. The Balaban J connectivity index is 1.89. The largest absolute Gasteiger partial charge is 0.396 e. The van der Waals surface area contributed by atoms with Crippen molar-refractivity contribution in [2.24, 2.45) is 5.92 Å². The lowest BCUT2D eigenvalue weighted by molar-refractivity contribution is 0.205. The number of aliphatic hydroxyl groups is 1. The lowest BCUT2D eigenvalue weighted by Gasteiger charge is -2.18. The van der Waals surface area contributed by atoms with Gasteiger partial charge in [0.05, 0.1) is 5.69 Å². The minimum Gasteiger partial charge on any atom is -0.396 e. The Morgan fingerprint density at radius 3 is 2.83 bits per heavy atom. The van der Waals surface area contributed by atoms with E-state index in [2.05, 4.69) is 36.5 Å². The first-order chi connectivity index (χ1) is 8.50. The zero-order valence-corrected chi connectivity index (χ0v) is 12.4. The highest BCUT2D eigenvalue weighted by atomic mass is 32.1. The Hall–Kier alpha value is -0.450. The second kappa shape index (κ2) is 5.68. The zero-order chi connectivity index (χ0) is 13.2. The lowest BCUT2D eigenvalue weighted by atomic mass is 9.93. The first kappa shape index (κ1) is 14.0. The first-order valence-electron chi connectivity index (χ1n) is 6.80. The fourth-order valence-corrected chi connectivity index (χ4v) is 3.45. The van der Waals surface area contributed by atoms with E-state index in [1.54, 1.807) is 11.3 Å². The van der Waals surface area contributed by atoms with Crippen molar-refractivity contribution < 1.29 is 5.11 Å². The molecule has 2 unspecified atom stereocenters. The van der Waals surface area contributed by atoms with Crippen LogP contribution >= 0.6 is 11.3 Å².